The lowest BCUT2D eigenvalue weighted by Crippen LogP contribution is -2.17. The van der Waals surface area contributed by atoms with Gasteiger partial charge in [0.25, 0.3) is 5.91 Å². The molecular formula is C26H23ClFN7O. The van der Waals surface area contributed by atoms with Crippen molar-refractivity contribution in [3.8, 4) is 0 Å². The zero-order valence-corrected chi connectivity index (χ0v) is 20.3. The van der Waals surface area contributed by atoms with E-state index in [0.29, 0.717) is 17.1 Å². The highest BCUT2D eigenvalue weighted by molar-refractivity contribution is 6.03. The number of nitrogens with zero attached hydrogens (tertiary/aromatic N) is 5. The first-order valence-electron chi connectivity index (χ1n) is 10.9. The third-order valence-electron chi connectivity index (χ3n) is 5.41. The van der Waals surface area contributed by atoms with E-state index in [2.05, 4.69) is 25.8 Å². The summed E-state index contributed by atoms with van der Waals surface area (Å²) in [4.78, 5) is 16.9. The largest absolute Gasteiger partial charge is 0.355 e. The fourth-order valence-electron chi connectivity index (χ4n) is 3.73. The number of pyridine rings is 1. The Bertz CT molecular complexity index is 1560. The molecule has 0 aliphatic carbocycles. The van der Waals surface area contributed by atoms with E-state index in [-0.39, 0.29) is 18.1 Å². The minimum atomic E-state index is -0.532. The lowest BCUT2D eigenvalue weighted by molar-refractivity contribution is 0.101. The van der Waals surface area contributed by atoms with Crippen molar-refractivity contribution in [3.05, 3.63) is 96.0 Å². The van der Waals surface area contributed by atoms with Crippen molar-refractivity contribution in [2.24, 2.45) is 7.05 Å². The Morgan fingerprint density at radius 2 is 1.86 bits per heavy atom. The van der Waals surface area contributed by atoms with Gasteiger partial charge in [-0.25, -0.2) is 9.07 Å². The van der Waals surface area contributed by atoms with Gasteiger partial charge in [0.1, 0.15) is 11.5 Å². The van der Waals surface area contributed by atoms with Crippen LogP contribution in [0, 0.1) is 12.7 Å². The van der Waals surface area contributed by atoms with Crippen molar-refractivity contribution >= 4 is 58.6 Å². The molecule has 36 heavy (non-hydrogen) atoms. The number of rotatable bonds is 6. The van der Waals surface area contributed by atoms with Gasteiger partial charge in [-0.15, -0.1) is 12.4 Å². The molecule has 10 heteroatoms. The Morgan fingerprint density at radius 3 is 2.61 bits per heavy atom. The third kappa shape index (κ3) is 5.26. The molecule has 0 atom stereocenters. The highest BCUT2D eigenvalue weighted by atomic mass is 35.5. The van der Waals surface area contributed by atoms with Crippen LogP contribution in [0.2, 0.25) is 0 Å². The van der Waals surface area contributed by atoms with E-state index in [9.17, 15) is 9.18 Å². The molecule has 0 saturated heterocycles. The lowest BCUT2D eigenvalue weighted by atomic mass is 10.2. The smallest absolute Gasteiger partial charge is 0.274 e. The molecule has 3 heterocycles. The van der Waals surface area contributed by atoms with E-state index < -0.39 is 11.7 Å². The predicted octanol–water partition coefficient (Wildman–Crippen LogP) is 5.66. The molecule has 2 aromatic carbocycles. The van der Waals surface area contributed by atoms with Crippen LogP contribution < -0.4 is 10.6 Å². The van der Waals surface area contributed by atoms with Crippen LogP contribution in [0.25, 0.3) is 23.2 Å². The first-order valence-corrected chi connectivity index (χ1v) is 10.9. The first kappa shape index (κ1) is 24.6. The van der Waals surface area contributed by atoms with E-state index in [1.165, 1.54) is 10.7 Å². The Kier molecular flexibility index (Phi) is 7.12. The second kappa shape index (κ2) is 10.4. The zero-order chi connectivity index (χ0) is 24.4. The maximum Gasteiger partial charge on any atom is 0.274 e. The quantitative estimate of drug-likeness (QED) is 0.312. The zero-order valence-electron chi connectivity index (χ0n) is 19.5. The fourth-order valence-corrected chi connectivity index (χ4v) is 3.73. The fraction of sp³-hybridized carbons (Fsp3) is 0.0769. The highest BCUT2D eigenvalue weighted by Crippen LogP contribution is 2.26. The van der Waals surface area contributed by atoms with Gasteiger partial charge in [0.05, 0.1) is 28.8 Å². The number of hydrogen-bond donors (Lipinski definition) is 2. The Hall–Kier alpha value is -4.50. The average Bonchev–Trinajstić information content (AvgIpc) is 3.42. The van der Waals surface area contributed by atoms with Crippen LogP contribution in [0.1, 0.15) is 21.9 Å². The standard InChI is InChI=1S/C26H22FN7O.ClH/c1-17-13-25(33(2)32-17)26(35)31-23-14-20(8-9-22(23)27)30-21-7-6-18-16-29-34(24(18)15-21)12-10-19-5-3-4-11-28-19;/h3-16,30H,1-2H3,(H,31,35);1H. The molecule has 5 rings (SSSR count). The summed E-state index contributed by atoms with van der Waals surface area (Å²) >= 11 is 0. The summed E-state index contributed by atoms with van der Waals surface area (Å²) in [5.74, 6) is -0.967. The van der Waals surface area contributed by atoms with Crippen molar-refractivity contribution in [2.75, 3.05) is 10.6 Å². The number of hydrogen-bond acceptors (Lipinski definition) is 5. The summed E-state index contributed by atoms with van der Waals surface area (Å²) < 4.78 is 17.7. The minimum absolute atomic E-state index is 0. The van der Waals surface area contributed by atoms with Gasteiger partial charge in [-0.1, -0.05) is 6.07 Å². The molecule has 3 aromatic heterocycles. The number of carbonyl (C=O) groups excluding carboxylic acids is 1. The average molecular weight is 504 g/mol. The van der Waals surface area contributed by atoms with Crippen LogP contribution in [-0.2, 0) is 7.05 Å². The topological polar surface area (TPSA) is 89.7 Å². The minimum Gasteiger partial charge on any atom is -0.355 e. The second-order valence-corrected chi connectivity index (χ2v) is 8.00. The Morgan fingerprint density at radius 1 is 1.06 bits per heavy atom. The number of amides is 1. The Labute approximate surface area is 212 Å². The van der Waals surface area contributed by atoms with Gasteiger partial charge in [0.15, 0.2) is 0 Å². The molecule has 8 nitrogen and oxygen atoms in total. The number of carbonyl (C=O) groups is 1. The van der Waals surface area contributed by atoms with Gasteiger partial charge in [0.2, 0.25) is 0 Å². The van der Waals surface area contributed by atoms with Gasteiger partial charge < -0.3 is 10.6 Å². The number of halogens is 2. The van der Waals surface area contributed by atoms with Crippen molar-refractivity contribution in [2.45, 2.75) is 6.92 Å². The maximum atomic E-state index is 14.4. The molecule has 0 spiro atoms. The predicted molar refractivity (Wildman–Crippen MR) is 142 cm³/mol. The lowest BCUT2D eigenvalue weighted by Gasteiger charge is -2.11. The van der Waals surface area contributed by atoms with Crippen molar-refractivity contribution < 1.29 is 9.18 Å². The molecule has 0 saturated carbocycles. The van der Waals surface area contributed by atoms with Gasteiger partial charge in [0, 0.05) is 36.2 Å². The normalized spacial score (nSPS) is 11.0. The van der Waals surface area contributed by atoms with E-state index in [1.54, 1.807) is 49.2 Å². The Balaban J connectivity index is 0.00000304. The molecule has 2 N–H and O–H groups in total. The summed E-state index contributed by atoms with van der Waals surface area (Å²) in [6, 6.07) is 17.6. The second-order valence-electron chi connectivity index (χ2n) is 8.00. The summed E-state index contributed by atoms with van der Waals surface area (Å²) in [5, 5.41) is 15.5. The van der Waals surface area contributed by atoms with Gasteiger partial charge >= 0.3 is 0 Å². The van der Waals surface area contributed by atoms with E-state index in [4.69, 9.17) is 0 Å². The number of fused-ring (bicyclic) bond motifs is 1. The van der Waals surface area contributed by atoms with E-state index in [1.807, 2.05) is 48.7 Å². The van der Waals surface area contributed by atoms with Crippen molar-refractivity contribution in [3.63, 3.8) is 0 Å². The number of nitrogens with one attached hydrogen (secondary N) is 2. The molecule has 0 aliphatic rings. The SMILES string of the molecule is Cc1cc(C(=O)Nc2cc(Nc3ccc4cnn(C=Cc5ccccn5)c4c3)ccc2F)n(C)n1.Cl. The molecule has 5 aromatic rings. The van der Waals surface area contributed by atoms with Crippen LogP contribution >= 0.6 is 12.4 Å². The molecule has 1 amide bonds. The molecule has 0 bridgehead atoms. The summed E-state index contributed by atoms with van der Waals surface area (Å²) in [5.41, 5.74) is 4.25. The molecule has 0 fully saturated rings. The molecule has 0 aliphatic heterocycles. The van der Waals surface area contributed by atoms with Gasteiger partial charge in [-0.05, 0) is 67.6 Å². The monoisotopic (exact) mass is 503 g/mol. The number of aromatic nitrogens is 5. The summed E-state index contributed by atoms with van der Waals surface area (Å²) in [6.45, 7) is 1.79. The van der Waals surface area contributed by atoms with Gasteiger partial charge in [-0.3, -0.25) is 14.5 Å². The van der Waals surface area contributed by atoms with Crippen LogP contribution in [-0.4, -0.2) is 30.5 Å². The van der Waals surface area contributed by atoms with E-state index in [0.717, 1.165) is 22.3 Å². The van der Waals surface area contributed by atoms with Crippen LogP contribution in [0.3, 0.4) is 0 Å². The number of benzene rings is 2. The van der Waals surface area contributed by atoms with Crippen LogP contribution in [0.5, 0.6) is 0 Å². The first-order chi connectivity index (χ1) is 17.0. The van der Waals surface area contributed by atoms with Crippen molar-refractivity contribution in [1.82, 2.24) is 24.5 Å². The molecule has 182 valence electrons. The summed E-state index contributed by atoms with van der Waals surface area (Å²) in [6.07, 6.45) is 7.25. The van der Waals surface area contributed by atoms with Crippen LogP contribution in [0.15, 0.2) is 73.1 Å². The molecule has 0 radical (unpaired) electrons. The highest BCUT2D eigenvalue weighted by Gasteiger charge is 2.14. The van der Waals surface area contributed by atoms with Crippen LogP contribution in [0.4, 0.5) is 21.5 Å². The molecular weight excluding hydrogens is 481 g/mol. The number of aryl methyl sites for hydroxylation is 2. The van der Waals surface area contributed by atoms with E-state index >= 15 is 0 Å². The number of anilines is 3. The third-order valence-corrected chi connectivity index (χ3v) is 5.41. The van der Waals surface area contributed by atoms with Gasteiger partial charge in [-0.2, -0.15) is 10.2 Å². The molecule has 0 unspecified atom stereocenters. The van der Waals surface area contributed by atoms with Crippen molar-refractivity contribution in [1.29, 1.82) is 0 Å². The summed E-state index contributed by atoms with van der Waals surface area (Å²) in [7, 11) is 1.67. The maximum absolute atomic E-state index is 14.4.